The molecule has 0 radical (unpaired) electrons. The van der Waals surface area contributed by atoms with Gasteiger partial charge in [0.1, 0.15) is 0 Å². The smallest absolute Gasteiger partial charge is 0.191 e. The molecule has 1 unspecified atom stereocenters. The van der Waals surface area contributed by atoms with E-state index in [4.69, 9.17) is 10.5 Å². The fourth-order valence-electron chi connectivity index (χ4n) is 1.72. The second-order valence-electron chi connectivity index (χ2n) is 4.02. The number of aliphatic imine (C=N–C) groups is 1. The lowest BCUT2D eigenvalue weighted by Gasteiger charge is -2.31. The van der Waals surface area contributed by atoms with E-state index >= 15 is 0 Å². The van der Waals surface area contributed by atoms with E-state index in [0.717, 1.165) is 23.5 Å². The Labute approximate surface area is 137 Å². The van der Waals surface area contributed by atoms with Gasteiger partial charge < -0.3 is 15.4 Å². The van der Waals surface area contributed by atoms with Gasteiger partial charge in [0.25, 0.3) is 0 Å². The molecule has 0 aromatic carbocycles. The molecule has 2 rings (SSSR count). The first-order chi connectivity index (χ1) is 8.16. The van der Waals surface area contributed by atoms with Crippen LogP contribution in [-0.2, 0) is 11.3 Å². The number of thiophene rings is 1. The van der Waals surface area contributed by atoms with Crippen molar-refractivity contribution in [1.29, 1.82) is 0 Å². The number of hydrogen-bond donors (Lipinski definition) is 1. The van der Waals surface area contributed by atoms with Gasteiger partial charge in [-0.1, -0.05) is 0 Å². The first kappa shape index (κ1) is 16.2. The predicted molar refractivity (Wildman–Crippen MR) is 89.7 cm³/mol. The summed E-state index contributed by atoms with van der Waals surface area (Å²) >= 11 is 5.16. The minimum Gasteiger partial charge on any atom is -0.375 e. The normalized spacial score (nSPS) is 20.7. The molecule has 0 aliphatic carbocycles. The molecule has 0 spiro atoms. The Morgan fingerprint density at radius 2 is 2.50 bits per heavy atom. The lowest BCUT2D eigenvalue weighted by molar-refractivity contribution is 0.00529. The summed E-state index contributed by atoms with van der Waals surface area (Å²) in [5.41, 5.74) is 7.17. The SMILES string of the molecule is CC1CN(C(N)=NCc2ccsc2Br)CCO1.I. The molecule has 1 aliphatic heterocycles. The molecular weight excluding hydrogens is 429 g/mol. The van der Waals surface area contributed by atoms with Crippen molar-refractivity contribution < 1.29 is 4.74 Å². The van der Waals surface area contributed by atoms with E-state index in [1.54, 1.807) is 11.3 Å². The predicted octanol–water partition coefficient (Wildman–Crippen LogP) is 2.66. The minimum atomic E-state index is 0. The van der Waals surface area contributed by atoms with Gasteiger partial charge in [-0.3, -0.25) is 0 Å². The summed E-state index contributed by atoms with van der Waals surface area (Å²) in [5, 5.41) is 2.04. The topological polar surface area (TPSA) is 50.8 Å². The highest BCUT2D eigenvalue weighted by Crippen LogP contribution is 2.23. The summed E-state index contributed by atoms with van der Waals surface area (Å²) in [6.45, 7) is 5.04. The van der Waals surface area contributed by atoms with Gasteiger partial charge in [0, 0.05) is 13.1 Å². The fraction of sp³-hybridized carbons (Fsp3) is 0.545. The number of rotatable bonds is 2. The van der Waals surface area contributed by atoms with E-state index in [-0.39, 0.29) is 30.1 Å². The van der Waals surface area contributed by atoms with E-state index < -0.39 is 0 Å². The minimum absolute atomic E-state index is 0. The highest BCUT2D eigenvalue weighted by molar-refractivity contribution is 14.0. The number of ether oxygens (including phenoxy) is 1. The van der Waals surface area contributed by atoms with Crippen LogP contribution in [0.25, 0.3) is 0 Å². The second-order valence-corrected chi connectivity index (χ2v) is 6.26. The van der Waals surface area contributed by atoms with Crippen molar-refractivity contribution in [2.75, 3.05) is 19.7 Å². The summed E-state index contributed by atoms with van der Waals surface area (Å²) in [4.78, 5) is 6.50. The first-order valence-electron chi connectivity index (χ1n) is 5.55. The Morgan fingerprint density at radius 1 is 1.72 bits per heavy atom. The molecule has 1 fully saturated rings. The van der Waals surface area contributed by atoms with E-state index in [9.17, 15) is 0 Å². The van der Waals surface area contributed by atoms with Gasteiger partial charge in [0.2, 0.25) is 0 Å². The highest BCUT2D eigenvalue weighted by atomic mass is 127. The summed E-state index contributed by atoms with van der Waals surface area (Å²) in [6, 6.07) is 2.06. The zero-order valence-corrected chi connectivity index (χ0v) is 14.9. The van der Waals surface area contributed by atoms with Crippen molar-refractivity contribution >= 4 is 57.2 Å². The molecule has 1 aromatic rings. The third kappa shape index (κ3) is 4.36. The molecule has 2 heterocycles. The van der Waals surface area contributed by atoms with Crippen molar-refractivity contribution in [2.45, 2.75) is 19.6 Å². The van der Waals surface area contributed by atoms with Crippen LogP contribution in [0.5, 0.6) is 0 Å². The lowest BCUT2D eigenvalue weighted by Crippen LogP contribution is -2.47. The third-order valence-corrected chi connectivity index (χ3v) is 4.48. The summed E-state index contributed by atoms with van der Waals surface area (Å²) in [6.07, 6.45) is 0.227. The lowest BCUT2D eigenvalue weighted by atomic mass is 10.3. The number of nitrogens with zero attached hydrogens (tertiary/aromatic N) is 2. The molecule has 18 heavy (non-hydrogen) atoms. The summed E-state index contributed by atoms with van der Waals surface area (Å²) < 4.78 is 6.60. The molecule has 1 aromatic heterocycles. The first-order valence-corrected chi connectivity index (χ1v) is 7.22. The fourth-order valence-corrected chi connectivity index (χ4v) is 2.94. The Bertz CT molecular complexity index is 413. The van der Waals surface area contributed by atoms with Crippen molar-refractivity contribution in [3.8, 4) is 0 Å². The number of nitrogens with two attached hydrogens (primary N) is 1. The molecule has 0 saturated carbocycles. The van der Waals surface area contributed by atoms with Crippen LogP contribution in [0, 0.1) is 0 Å². The van der Waals surface area contributed by atoms with E-state index in [0.29, 0.717) is 12.5 Å². The Balaban J connectivity index is 0.00000162. The maximum Gasteiger partial charge on any atom is 0.191 e. The van der Waals surface area contributed by atoms with E-state index in [2.05, 4.69) is 38.8 Å². The molecule has 2 N–H and O–H groups in total. The largest absolute Gasteiger partial charge is 0.375 e. The monoisotopic (exact) mass is 445 g/mol. The van der Waals surface area contributed by atoms with E-state index in [1.807, 2.05) is 5.38 Å². The Hall–Kier alpha value is 0.140. The van der Waals surface area contributed by atoms with Gasteiger partial charge in [0.15, 0.2) is 5.96 Å². The van der Waals surface area contributed by atoms with Gasteiger partial charge in [-0.15, -0.1) is 35.3 Å². The zero-order chi connectivity index (χ0) is 12.3. The molecule has 1 saturated heterocycles. The quantitative estimate of drug-likeness (QED) is 0.432. The summed E-state index contributed by atoms with van der Waals surface area (Å²) in [5.74, 6) is 0.609. The molecular formula is C11H17BrIN3OS. The Kier molecular flexibility index (Phi) is 6.89. The van der Waals surface area contributed by atoms with E-state index in [1.165, 1.54) is 5.56 Å². The van der Waals surface area contributed by atoms with Crippen molar-refractivity contribution in [1.82, 2.24) is 4.90 Å². The van der Waals surface area contributed by atoms with Crippen LogP contribution in [0.4, 0.5) is 0 Å². The van der Waals surface area contributed by atoms with Crippen LogP contribution in [0.3, 0.4) is 0 Å². The maximum atomic E-state index is 5.99. The van der Waals surface area contributed by atoms with Crippen LogP contribution >= 0.6 is 51.2 Å². The average Bonchev–Trinajstić information content (AvgIpc) is 2.72. The molecule has 0 amide bonds. The van der Waals surface area contributed by atoms with Crippen molar-refractivity contribution in [2.24, 2.45) is 10.7 Å². The molecule has 102 valence electrons. The Morgan fingerprint density at radius 3 is 3.11 bits per heavy atom. The number of halogens is 2. The summed E-state index contributed by atoms with van der Waals surface area (Å²) in [7, 11) is 0. The van der Waals surface area contributed by atoms with Gasteiger partial charge in [-0.25, -0.2) is 4.99 Å². The third-order valence-electron chi connectivity index (χ3n) is 2.67. The average molecular weight is 446 g/mol. The van der Waals surface area contributed by atoms with Crippen LogP contribution in [-0.4, -0.2) is 36.7 Å². The molecule has 4 nitrogen and oxygen atoms in total. The van der Waals surface area contributed by atoms with Crippen LogP contribution in [0.2, 0.25) is 0 Å². The van der Waals surface area contributed by atoms with Gasteiger partial charge in [0.05, 0.1) is 23.0 Å². The molecule has 1 atom stereocenters. The van der Waals surface area contributed by atoms with Gasteiger partial charge in [-0.05, 0) is 39.9 Å². The molecule has 1 aliphatic rings. The standard InChI is InChI=1S/C11H16BrN3OS.HI/c1-8-7-15(3-4-16-8)11(13)14-6-9-2-5-17-10(9)12;/h2,5,8H,3-4,6-7H2,1H3,(H2,13,14);1H. The maximum absolute atomic E-state index is 5.99. The highest BCUT2D eigenvalue weighted by Gasteiger charge is 2.17. The number of hydrogen-bond acceptors (Lipinski definition) is 3. The van der Waals surface area contributed by atoms with Gasteiger partial charge >= 0.3 is 0 Å². The van der Waals surface area contributed by atoms with Crippen molar-refractivity contribution in [3.63, 3.8) is 0 Å². The molecule has 7 heteroatoms. The van der Waals surface area contributed by atoms with Crippen molar-refractivity contribution in [3.05, 3.63) is 20.8 Å². The van der Waals surface area contributed by atoms with Crippen LogP contribution < -0.4 is 5.73 Å². The zero-order valence-electron chi connectivity index (χ0n) is 10.1. The molecule has 0 bridgehead atoms. The van der Waals surface area contributed by atoms with Crippen LogP contribution in [0.1, 0.15) is 12.5 Å². The second kappa shape index (κ2) is 7.66. The number of guanidine groups is 1. The van der Waals surface area contributed by atoms with Gasteiger partial charge in [-0.2, -0.15) is 0 Å². The van der Waals surface area contributed by atoms with Crippen LogP contribution in [0.15, 0.2) is 20.2 Å². The number of morpholine rings is 1.